The number of benzene rings is 1. The summed E-state index contributed by atoms with van der Waals surface area (Å²) >= 11 is 1.14. The number of thioether (sulfide) groups is 1. The lowest BCUT2D eigenvalue weighted by molar-refractivity contribution is -0.117. The minimum atomic E-state index is -0.707. The molecular weight excluding hydrogens is 410 g/mol. The number of carbonyl (C=O) groups is 1. The molecule has 0 aliphatic carbocycles. The molecule has 9 heteroatoms. The van der Waals surface area contributed by atoms with E-state index in [1.54, 1.807) is 6.20 Å². The van der Waals surface area contributed by atoms with E-state index in [0.29, 0.717) is 47.0 Å². The zero-order valence-electron chi connectivity index (χ0n) is 16.8. The first-order chi connectivity index (χ1) is 15.1. The molecule has 0 fully saturated rings. The zero-order chi connectivity index (χ0) is 22.0. The van der Waals surface area contributed by atoms with Crippen LogP contribution in [0.2, 0.25) is 0 Å². The number of anilines is 1. The normalized spacial score (nSPS) is 13.3. The Balaban J connectivity index is 1.82. The van der Waals surface area contributed by atoms with Crippen molar-refractivity contribution in [3.05, 3.63) is 70.0 Å². The molecule has 0 spiro atoms. The summed E-state index contributed by atoms with van der Waals surface area (Å²) in [5.41, 5.74) is 9.77. The van der Waals surface area contributed by atoms with E-state index in [1.807, 2.05) is 42.2 Å². The van der Waals surface area contributed by atoms with Crippen molar-refractivity contribution in [2.24, 2.45) is 5.73 Å². The average molecular weight is 430 g/mol. The number of fused-ring (bicyclic) bond motifs is 1. The molecule has 0 saturated carbocycles. The van der Waals surface area contributed by atoms with Crippen molar-refractivity contribution in [1.82, 2.24) is 15.2 Å². The lowest BCUT2D eigenvalue weighted by Gasteiger charge is -2.22. The van der Waals surface area contributed by atoms with Gasteiger partial charge in [-0.3, -0.25) is 9.89 Å². The third-order valence-corrected chi connectivity index (χ3v) is 6.49. The second kappa shape index (κ2) is 8.50. The molecule has 154 valence electrons. The van der Waals surface area contributed by atoms with Crippen LogP contribution in [0, 0.1) is 22.7 Å². The van der Waals surface area contributed by atoms with Crippen LogP contribution >= 0.6 is 11.8 Å². The fourth-order valence-corrected chi connectivity index (χ4v) is 4.80. The number of nitrogens with one attached hydrogen (secondary N) is 1. The third-order valence-electron chi connectivity index (χ3n) is 5.23. The van der Waals surface area contributed by atoms with Gasteiger partial charge in [0.1, 0.15) is 28.2 Å². The number of nitriles is 2. The average Bonchev–Trinajstić information content (AvgIpc) is 3.39. The Morgan fingerprint density at radius 2 is 2.00 bits per heavy atom. The number of H-pyrrole nitrogens is 1. The van der Waals surface area contributed by atoms with Crippen molar-refractivity contribution in [1.29, 1.82) is 10.5 Å². The molecule has 1 aromatic carbocycles. The van der Waals surface area contributed by atoms with Gasteiger partial charge in [0.2, 0.25) is 5.91 Å². The number of amides is 1. The second-order valence-electron chi connectivity index (χ2n) is 7.09. The van der Waals surface area contributed by atoms with Crippen LogP contribution in [0.3, 0.4) is 0 Å². The van der Waals surface area contributed by atoms with Crippen molar-refractivity contribution in [2.75, 3.05) is 4.90 Å². The first-order valence-corrected chi connectivity index (χ1v) is 10.6. The van der Waals surface area contributed by atoms with Gasteiger partial charge in [0.05, 0.1) is 29.6 Å². The largest absolute Gasteiger partial charge is 0.368 e. The predicted octanol–water partition coefficient (Wildman–Crippen LogP) is 2.95. The zero-order valence-corrected chi connectivity index (χ0v) is 17.6. The molecule has 1 aliphatic rings. The molecule has 8 nitrogen and oxygen atoms in total. The maximum atomic E-state index is 12.3. The topological polar surface area (TPSA) is 135 Å². The van der Waals surface area contributed by atoms with Gasteiger partial charge in [-0.05, 0) is 17.5 Å². The molecule has 2 aromatic heterocycles. The molecule has 0 radical (unpaired) electrons. The first-order valence-electron chi connectivity index (χ1n) is 9.71. The van der Waals surface area contributed by atoms with Gasteiger partial charge >= 0.3 is 0 Å². The van der Waals surface area contributed by atoms with Gasteiger partial charge < -0.3 is 10.6 Å². The van der Waals surface area contributed by atoms with E-state index in [-0.39, 0.29) is 0 Å². The number of nitrogens with zero attached hydrogens (tertiary/aromatic N) is 5. The molecule has 1 unspecified atom stereocenters. The Bertz CT molecular complexity index is 1200. The van der Waals surface area contributed by atoms with E-state index in [2.05, 4.69) is 22.3 Å². The minimum absolute atomic E-state index is 0.314. The molecule has 0 bridgehead atoms. The van der Waals surface area contributed by atoms with Crippen molar-refractivity contribution in [3.8, 4) is 12.1 Å². The second-order valence-corrected chi connectivity index (χ2v) is 8.18. The quantitative estimate of drug-likeness (QED) is 0.575. The minimum Gasteiger partial charge on any atom is -0.368 e. The highest BCUT2D eigenvalue weighted by Gasteiger charge is 2.30. The van der Waals surface area contributed by atoms with Gasteiger partial charge in [-0.25, -0.2) is 4.98 Å². The molecule has 3 aromatic rings. The van der Waals surface area contributed by atoms with E-state index < -0.39 is 11.2 Å². The molecular formula is C22H19N7OS. The standard InChI is InChI=1S/C22H19N7OS/c1-2-15-16(8-23)21(29-11-14-10-26-28-18(14)12-29)27-22(17(15)9-24)31-19(20(25)30)13-6-4-3-5-7-13/h3-7,10,19H,2,11-12H2,1H3,(H2,25,30)(H,26,28). The number of aromatic nitrogens is 3. The number of primary amides is 1. The lowest BCUT2D eigenvalue weighted by Crippen LogP contribution is -2.21. The van der Waals surface area contributed by atoms with E-state index in [0.717, 1.165) is 28.6 Å². The molecule has 4 rings (SSSR count). The van der Waals surface area contributed by atoms with Crippen molar-refractivity contribution in [3.63, 3.8) is 0 Å². The fraction of sp³-hybridized carbons (Fsp3) is 0.227. The summed E-state index contributed by atoms with van der Waals surface area (Å²) < 4.78 is 0. The van der Waals surface area contributed by atoms with Crippen LogP contribution in [0.4, 0.5) is 5.82 Å². The maximum Gasteiger partial charge on any atom is 0.235 e. The molecule has 0 saturated heterocycles. The molecule has 3 heterocycles. The van der Waals surface area contributed by atoms with Crippen LogP contribution in [-0.4, -0.2) is 21.1 Å². The van der Waals surface area contributed by atoms with E-state index >= 15 is 0 Å². The smallest absolute Gasteiger partial charge is 0.235 e. The van der Waals surface area contributed by atoms with Gasteiger partial charge in [-0.15, -0.1) is 0 Å². The summed E-state index contributed by atoms with van der Waals surface area (Å²) in [5.74, 6) is -0.0187. The van der Waals surface area contributed by atoms with Crippen LogP contribution in [0.5, 0.6) is 0 Å². The Hall–Kier alpha value is -3.82. The van der Waals surface area contributed by atoms with Gasteiger partial charge in [-0.1, -0.05) is 49.0 Å². The van der Waals surface area contributed by atoms with Crippen molar-refractivity contribution >= 4 is 23.5 Å². The lowest BCUT2D eigenvalue weighted by atomic mass is 10.0. The van der Waals surface area contributed by atoms with Crippen molar-refractivity contribution < 1.29 is 4.79 Å². The van der Waals surface area contributed by atoms with Gasteiger partial charge in [0.25, 0.3) is 0 Å². The highest BCUT2D eigenvalue weighted by atomic mass is 32.2. The molecule has 3 N–H and O–H groups in total. The highest BCUT2D eigenvalue weighted by molar-refractivity contribution is 8.00. The number of nitrogens with two attached hydrogens (primary N) is 1. The summed E-state index contributed by atoms with van der Waals surface area (Å²) in [6.07, 6.45) is 2.25. The monoisotopic (exact) mass is 429 g/mol. The van der Waals surface area contributed by atoms with Crippen LogP contribution < -0.4 is 10.6 Å². The molecule has 31 heavy (non-hydrogen) atoms. The van der Waals surface area contributed by atoms with Crippen molar-refractivity contribution in [2.45, 2.75) is 36.7 Å². The molecule has 1 atom stereocenters. The van der Waals surface area contributed by atoms with Gasteiger partial charge in [0.15, 0.2) is 0 Å². The maximum absolute atomic E-state index is 12.3. The predicted molar refractivity (Wildman–Crippen MR) is 116 cm³/mol. The van der Waals surface area contributed by atoms with Crippen LogP contribution in [0.15, 0.2) is 41.6 Å². The summed E-state index contributed by atoms with van der Waals surface area (Å²) in [5, 5.41) is 26.5. The number of pyridine rings is 1. The Kier molecular flexibility index (Phi) is 5.61. The fourth-order valence-electron chi connectivity index (χ4n) is 3.74. The SMILES string of the molecule is CCc1c(C#N)c(SC(C(N)=O)c2ccccc2)nc(N2Cc3cn[nH]c3C2)c1C#N. The summed E-state index contributed by atoms with van der Waals surface area (Å²) in [6, 6.07) is 13.6. The van der Waals surface area contributed by atoms with Crippen LogP contribution in [0.1, 0.15) is 45.7 Å². The summed E-state index contributed by atoms with van der Waals surface area (Å²) in [7, 11) is 0. The number of carbonyl (C=O) groups excluding carboxylic acids is 1. The van der Waals surface area contributed by atoms with E-state index in [9.17, 15) is 15.3 Å². The number of aromatic amines is 1. The molecule has 1 amide bonds. The summed E-state index contributed by atoms with van der Waals surface area (Å²) in [4.78, 5) is 19.0. The van der Waals surface area contributed by atoms with E-state index in [4.69, 9.17) is 10.7 Å². The Morgan fingerprint density at radius 3 is 2.61 bits per heavy atom. The van der Waals surface area contributed by atoms with Crippen LogP contribution in [0.25, 0.3) is 0 Å². The number of hydrogen-bond donors (Lipinski definition) is 2. The number of rotatable bonds is 6. The Labute approximate surface area is 183 Å². The van der Waals surface area contributed by atoms with Crippen LogP contribution in [-0.2, 0) is 24.3 Å². The van der Waals surface area contributed by atoms with Gasteiger partial charge in [0, 0.05) is 12.1 Å². The number of hydrogen-bond acceptors (Lipinski definition) is 7. The Morgan fingerprint density at radius 1 is 1.26 bits per heavy atom. The summed E-state index contributed by atoms with van der Waals surface area (Å²) in [6.45, 7) is 2.99. The molecule has 1 aliphatic heterocycles. The third kappa shape index (κ3) is 3.72. The highest BCUT2D eigenvalue weighted by Crippen LogP contribution is 2.40. The van der Waals surface area contributed by atoms with Gasteiger partial charge in [-0.2, -0.15) is 15.6 Å². The van der Waals surface area contributed by atoms with E-state index in [1.165, 1.54) is 0 Å². The first kappa shape index (κ1) is 20.5.